The Balaban J connectivity index is 2.27. The second-order valence-corrected chi connectivity index (χ2v) is 7.77. The van der Waals surface area contributed by atoms with Crippen LogP contribution < -0.4 is 16.1 Å². The smallest absolute Gasteiger partial charge is 0.196 e. The molecular formula is C19H20F2N2OS. The van der Waals surface area contributed by atoms with Crippen molar-refractivity contribution < 1.29 is 8.78 Å². The quantitative estimate of drug-likeness (QED) is 0.616. The molecule has 0 atom stereocenters. The fraction of sp³-hybridized carbons (Fsp3) is 0.316. The second kappa shape index (κ2) is 6.59. The normalized spacial score (nSPS) is 11.7. The van der Waals surface area contributed by atoms with E-state index in [4.69, 9.17) is 0 Å². The van der Waals surface area contributed by atoms with E-state index in [-0.39, 0.29) is 28.3 Å². The first kappa shape index (κ1) is 17.6. The molecule has 0 amide bonds. The van der Waals surface area contributed by atoms with Crippen LogP contribution in [0.25, 0.3) is 20.2 Å². The summed E-state index contributed by atoms with van der Waals surface area (Å²) in [6, 6.07) is 5.90. The zero-order chi connectivity index (χ0) is 18.3. The van der Waals surface area contributed by atoms with Crippen LogP contribution in [0.4, 0.5) is 20.2 Å². The molecule has 0 saturated heterocycles. The molecule has 3 nitrogen and oxygen atoms in total. The Bertz CT molecular complexity index is 935. The van der Waals surface area contributed by atoms with Gasteiger partial charge in [-0.2, -0.15) is 0 Å². The first-order chi connectivity index (χ1) is 11.8. The fourth-order valence-electron chi connectivity index (χ4n) is 2.74. The predicted octanol–water partition coefficient (Wildman–Crippen LogP) is 5.33. The van der Waals surface area contributed by atoms with Crippen molar-refractivity contribution in [1.29, 1.82) is 0 Å². The molecule has 6 heteroatoms. The summed E-state index contributed by atoms with van der Waals surface area (Å²) in [7, 11) is 0. The van der Waals surface area contributed by atoms with Gasteiger partial charge in [-0.15, -0.1) is 11.3 Å². The molecule has 1 heterocycles. The number of fused-ring (bicyclic) bond motifs is 2. The molecule has 0 aliphatic carbocycles. The lowest BCUT2D eigenvalue weighted by atomic mass is 10.1. The van der Waals surface area contributed by atoms with E-state index >= 15 is 0 Å². The Labute approximate surface area is 148 Å². The molecule has 0 spiro atoms. The minimum atomic E-state index is -0.483. The molecule has 0 saturated carbocycles. The van der Waals surface area contributed by atoms with Gasteiger partial charge in [-0.05, 0) is 52.0 Å². The number of rotatable bonds is 4. The molecule has 1 aromatic heterocycles. The highest BCUT2D eigenvalue weighted by Gasteiger charge is 2.14. The Morgan fingerprint density at radius 3 is 1.56 bits per heavy atom. The minimum Gasteiger partial charge on any atom is -0.380 e. The Hall–Kier alpha value is -2.21. The van der Waals surface area contributed by atoms with Crippen LogP contribution in [0.1, 0.15) is 27.7 Å². The van der Waals surface area contributed by atoms with E-state index in [0.717, 1.165) is 0 Å². The summed E-state index contributed by atoms with van der Waals surface area (Å²) in [4.78, 5) is 12.7. The molecule has 0 aliphatic rings. The Morgan fingerprint density at radius 2 is 1.20 bits per heavy atom. The minimum absolute atomic E-state index is 0.0695. The lowest BCUT2D eigenvalue weighted by Gasteiger charge is -2.13. The molecular weight excluding hydrogens is 342 g/mol. The Morgan fingerprint density at radius 1 is 0.800 bits per heavy atom. The largest absolute Gasteiger partial charge is 0.380 e. The predicted molar refractivity (Wildman–Crippen MR) is 103 cm³/mol. The van der Waals surface area contributed by atoms with E-state index in [1.54, 1.807) is 12.1 Å². The molecule has 0 bridgehead atoms. The maximum Gasteiger partial charge on any atom is 0.196 e. The summed E-state index contributed by atoms with van der Waals surface area (Å²) in [5, 5.41) is 6.62. The molecule has 2 aromatic carbocycles. The van der Waals surface area contributed by atoms with E-state index in [1.165, 1.54) is 23.5 Å². The summed E-state index contributed by atoms with van der Waals surface area (Å²) in [5.74, 6) is -0.966. The van der Waals surface area contributed by atoms with Crippen LogP contribution in [0, 0.1) is 11.6 Å². The van der Waals surface area contributed by atoms with Crippen LogP contribution in [0.3, 0.4) is 0 Å². The van der Waals surface area contributed by atoms with Crippen LogP contribution in [-0.2, 0) is 0 Å². The average molecular weight is 362 g/mol. The lowest BCUT2D eigenvalue weighted by molar-refractivity contribution is 0.629. The van der Waals surface area contributed by atoms with Crippen LogP contribution in [0.5, 0.6) is 0 Å². The van der Waals surface area contributed by atoms with Crippen molar-refractivity contribution in [2.75, 3.05) is 10.6 Å². The molecule has 25 heavy (non-hydrogen) atoms. The number of nitrogens with one attached hydrogen (secondary N) is 2. The zero-order valence-electron chi connectivity index (χ0n) is 14.5. The average Bonchev–Trinajstić information content (AvgIpc) is 2.50. The van der Waals surface area contributed by atoms with Crippen molar-refractivity contribution >= 4 is 42.9 Å². The number of halogens is 2. The summed E-state index contributed by atoms with van der Waals surface area (Å²) < 4.78 is 29.9. The van der Waals surface area contributed by atoms with E-state index in [0.29, 0.717) is 20.8 Å². The van der Waals surface area contributed by atoms with Crippen molar-refractivity contribution in [1.82, 2.24) is 0 Å². The Kier molecular flexibility index (Phi) is 4.64. The second-order valence-electron chi connectivity index (χ2n) is 6.69. The third-order valence-electron chi connectivity index (χ3n) is 3.74. The van der Waals surface area contributed by atoms with Crippen molar-refractivity contribution in [2.24, 2.45) is 0 Å². The van der Waals surface area contributed by atoms with E-state index < -0.39 is 11.6 Å². The first-order valence-corrected chi connectivity index (χ1v) is 9.00. The van der Waals surface area contributed by atoms with E-state index in [2.05, 4.69) is 10.6 Å². The molecule has 0 fully saturated rings. The van der Waals surface area contributed by atoms with Crippen LogP contribution >= 0.6 is 11.3 Å². The molecule has 2 N–H and O–H groups in total. The van der Waals surface area contributed by atoms with Gasteiger partial charge in [0, 0.05) is 32.3 Å². The molecule has 0 aliphatic heterocycles. The highest BCUT2D eigenvalue weighted by Crippen LogP contribution is 2.31. The number of benzene rings is 2. The van der Waals surface area contributed by atoms with Crippen molar-refractivity contribution in [2.45, 2.75) is 39.8 Å². The summed E-state index contributed by atoms with van der Waals surface area (Å²) in [6.45, 7) is 7.66. The van der Waals surface area contributed by atoms with Gasteiger partial charge in [0.05, 0.1) is 11.4 Å². The molecule has 132 valence electrons. The topological polar surface area (TPSA) is 41.1 Å². The lowest BCUT2D eigenvalue weighted by Crippen LogP contribution is -2.12. The van der Waals surface area contributed by atoms with E-state index in [9.17, 15) is 13.6 Å². The number of anilines is 2. The molecule has 3 aromatic rings. The molecule has 3 rings (SSSR count). The fourth-order valence-corrected chi connectivity index (χ4v) is 3.85. The summed E-state index contributed by atoms with van der Waals surface area (Å²) >= 11 is 1.35. The van der Waals surface area contributed by atoms with E-state index in [1.807, 2.05) is 27.7 Å². The maximum atomic E-state index is 14.3. The van der Waals surface area contributed by atoms with Crippen molar-refractivity contribution in [3.63, 3.8) is 0 Å². The van der Waals surface area contributed by atoms with Crippen LogP contribution in [0.15, 0.2) is 29.1 Å². The third-order valence-corrected chi connectivity index (χ3v) is 4.85. The van der Waals surface area contributed by atoms with Gasteiger partial charge < -0.3 is 10.6 Å². The number of hydrogen-bond donors (Lipinski definition) is 2. The van der Waals surface area contributed by atoms with Gasteiger partial charge in [0.15, 0.2) is 5.43 Å². The van der Waals surface area contributed by atoms with Gasteiger partial charge in [-0.3, -0.25) is 4.79 Å². The zero-order valence-corrected chi connectivity index (χ0v) is 15.4. The van der Waals surface area contributed by atoms with Crippen LogP contribution in [0.2, 0.25) is 0 Å². The highest BCUT2D eigenvalue weighted by molar-refractivity contribution is 7.24. The van der Waals surface area contributed by atoms with Crippen molar-refractivity contribution in [3.05, 3.63) is 46.1 Å². The van der Waals surface area contributed by atoms with Gasteiger partial charge in [0.1, 0.15) is 11.6 Å². The maximum absolute atomic E-state index is 14.3. The van der Waals surface area contributed by atoms with Crippen LogP contribution in [-0.4, -0.2) is 12.1 Å². The van der Waals surface area contributed by atoms with Gasteiger partial charge in [0.2, 0.25) is 0 Å². The van der Waals surface area contributed by atoms with Gasteiger partial charge in [-0.1, -0.05) is 0 Å². The monoisotopic (exact) mass is 362 g/mol. The molecule has 0 unspecified atom stereocenters. The number of hydrogen-bond acceptors (Lipinski definition) is 4. The first-order valence-electron chi connectivity index (χ1n) is 8.19. The summed E-state index contributed by atoms with van der Waals surface area (Å²) in [5.41, 5.74) is 0.369. The third kappa shape index (κ3) is 3.44. The standard InChI is InChI=1S/C19H20F2N2OS/c1-9(2)22-15-7-17-11(5-13(15)20)19(24)12-6-14(21)16(23-10(3)4)8-18(12)25-17/h5-10,22-23H,1-4H3. The summed E-state index contributed by atoms with van der Waals surface area (Å²) in [6.07, 6.45) is 0. The van der Waals surface area contributed by atoms with Gasteiger partial charge in [0.25, 0.3) is 0 Å². The van der Waals surface area contributed by atoms with Gasteiger partial charge in [-0.25, -0.2) is 8.78 Å². The van der Waals surface area contributed by atoms with Gasteiger partial charge >= 0.3 is 0 Å². The highest BCUT2D eigenvalue weighted by atomic mass is 32.1. The molecule has 0 radical (unpaired) electrons. The SMILES string of the molecule is CC(C)Nc1cc2sc3cc(NC(C)C)c(F)cc3c(=O)c2cc1F. The van der Waals surface area contributed by atoms with Crippen molar-refractivity contribution in [3.8, 4) is 0 Å².